The van der Waals surface area contributed by atoms with Gasteiger partial charge in [0.1, 0.15) is 0 Å². The molecule has 1 aliphatic rings. The van der Waals surface area contributed by atoms with E-state index in [1.54, 1.807) is 19.2 Å². The monoisotopic (exact) mass is 426 g/mol. The minimum Gasteiger partial charge on any atom is -0.368 e. The molecule has 4 rings (SSSR count). The predicted molar refractivity (Wildman–Crippen MR) is 118 cm³/mol. The first kappa shape index (κ1) is 20.2. The molecule has 2 heterocycles. The molecule has 0 saturated carbocycles. The second-order valence-electron chi connectivity index (χ2n) is 7.41. The van der Waals surface area contributed by atoms with Crippen LogP contribution < -0.4 is 16.0 Å². The maximum atomic E-state index is 12.8. The van der Waals surface area contributed by atoms with Gasteiger partial charge in [0.05, 0.1) is 11.0 Å². The third-order valence-corrected chi connectivity index (χ3v) is 5.86. The molecule has 0 spiro atoms. The fraction of sp³-hybridized carbons (Fsp3) is 0.318. The van der Waals surface area contributed by atoms with Gasteiger partial charge in [-0.3, -0.25) is 14.4 Å². The minimum absolute atomic E-state index is 0.0163. The van der Waals surface area contributed by atoms with E-state index >= 15 is 0 Å². The smallest absolute Gasteiger partial charge is 0.316 e. The third-order valence-electron chi connectivity index (χ3n) is 5.62. The molecule has 30 heavy (non-hydrogen) atoms. The van der Waals surface area contributed by atoms with Gasteiger partial charge in [0.25, 0.3) is 0 Å². The fourth-order valence-corrected chi connectivity index (χ4v) is 4.11. The van der Waals surface area contributed by atoms with Crippen LogP contribution in [-0.4, -0.2) is 46.1 Å². The summed E-state index contributed by atoms with van der Waals surface area (Å²) >= 11 is 6.07. The van der Waals surface area contributed by atoms with Crippen LogP contribution in [0.15, 0.2) is 58.1 Å². The Morgan fingerprint density at radius 2 is 1.63 bits per heavy atom. The Bertz CT molecular complexity index is 1210. The molecule has 1 aliphatic heterocycles. The van der Waals surface area contributed by atoms with Gasteiger partial charge < -0.3 is 18.9 Å². The van der Waals surface area contributed by atoms with Gasteiger partial charge in [-0.2, -0.15) is 0 Å². The van der Waals surface area contributed by atoms with Crippen molar-refractivity contribution in [2.45, 2.75) is 13.0 Å². The summed E-state index contributed by atoms with van der Waals surface area (Å²) in [6.45, 7) is 2.85. The SMILES string of the molecule is Cn1c(=O)c(=O)n(CCC(=O)N2CCN(c3cccc(Cl)c3)CC2)c2ccccc21. The Morgan fingerprint density at radius 1 is 0.933 bits per heavy atom. The summed E-state index contributed by atoms with van der Waals surface area (Å²) in [6.07, 6.45) is 0.175. The number of carbonyl (C=O) groups is 1. The molecule has 156 valence electrons. The number of carbonyl (C=O) groups excluding carboxylic acids is 1. The van der Waals surface area contributed by atoms with Crippen LogP contribution in [0.4, 0.5) is 5.69 Å². The van der Waals surface area contributed by atoms with Gasteiger partial charge in [0.15, 0.2) is 0 Å². The Labute approximate surface area is 178 Å². The summed E-state index contributed by atoms with van der Waals surface area (Å²) in [5.41, 5.74) is 1.19. The highest BCUT2D eigenvalue weighted by molar-refractivity contribution is 6.30. The molecule has 8 heteroatoms. The number of fused-ring (bicyclic) bond motifs is 1. The van der Waals surface area contributed by atoms with Crippen LogP contribution in [0.3, 0.4) is 0 Å². The van der Waals surface area contributed by atoms with E-state index < -0.39 is 11.1 Å². The minimum atomic E-state index is -0.602. The van der Waals surface area contributed by atoms with E-state index in [0.29, 0.717) is 29.1 Å². The second kappa shape index (κ2) is 8.36. The Morgan fingerprint density at radius 3 is 2.33 bits per heavy atom. The number of nitrogens with zero attached hydrogens (tertiary/aromatic N) is 4. The molecule has 7 nitrogen and oxygen atoms in total. The molecule has 1 amide bonds. The van der Waals surface area contributed by atoms with Gasteiger partial charge in [0.2, 0.25) is 5.91 Å². The van der Waals surface area contributed by atoms with E-state index in [0.717, 1.165) is 18.8 Å². The van der Waals surface area contributed by atoms with Crippen LogP contribution in [0.25, 0.3) is 11.0 Å². The van der Waals surface area contributed by atoms with Crippen LogP contribution in [-0.2, 0) is 18.4 Å². The normalized spacial score (nSPS) is 14.3. The summed E-state index contributed by atoms with van der Waals surface area (Å²) in [4.78, 5) is 41.5. The lowest BCUT2D eigenvalue weighted by atomic mass is 10.2. The van der Waals surface area contributed by atoms with Crippen LogP contribution >= 0.6 is 11.6 Å². The average molecular weight is 427 g/mol. The maximum absolute atomic E-state index is 12.8. The first-order valence-electron chi connectivity index (χ1n) is 9.92. The first-order valence-corrected chi connectivity index (χ1v) is 10.3. The second-order valence-corrected chi connectivity index (χ2v) is 7.84. The zero-order valence-electron chi connectivity index (χ0n) is 16.8. The summed E-state index contributed by atoms with van der Waals surface area (Å²) in [6, 6.07) is 14.9. The fourth-order valence-electron chi connectivity index (χ4n) is 3.93. The van der Waals surface area contributed by atoms with E-state index in [1.807, 2.05) is 41.3 Å². The number of anilines is 1. The molecule has 1 aromatic heterocycles. The van der Waals surface area contributed by atoms with Crippen molar-refractivity contribution in [1.29, 1.82) is 0 Å². The summed E-state index contributed by atoms with van der Waals surface area (Å²) in [5, 5.41) is 0.692. The quantitative estimate of drug-likeness (QED) is 0.599. The molecular weight excluding hydrogens is 404 g/mol. The van der Waals surface area contributed by atoms with Crippen molar-refractivity contribution in [2.24, 2.45) is 7.05 Å². The molecular formula is C22H23ClN4O3. The van der Waals surface area contributed by atoms with Crippen LogP contribution in [0, 0.1) is 0 Å². The van der Waals surface area contributed by atoms with Crippen molar-refractivity contribution in [1.82, 2.24) is 14.0 Å². The molecule has 0 aliphatic carbocycles. The average Bonchev–Trinajstić information content (AvgIpc) is 2.77. The number of para-hydroxylation sites is 2. The Hall–Kier alpha value is -3.06. The topological polar surface area (TPSA) is 67.5 Å². The maximum Gasteiger partial charge on any atom is 0.316 e. The lowest BCUT2D eigenvalue weighted by Crippen LogP contribution is -2.49. The number of aryl methyl sites for hydroxylation is 2. The third kappa shape index (κ3) is 3.85. The van der Waals surface area contributed by atoms with Crippen molar-refractivity contribution in [3.8, 4) is 0 Å². The zero-order chi connectivity index (χ0) is 21.3. The zero-order valence-corrected chi connectivity index (χ0v) is 17.5. The van der Waals surface area contributed by atoms with Crippen molar-refractivity contribution in [3.63, 3.8) is 0 Å². The number of piperazine rings is 1. The van der Waals surface area contributed by atoms with Crippen molar-refractivity contribution < 1.29 is 4.79 Å². The highest BCUT2D eigenvalue weighted by atomic mass is 35.5. The van der Waals surface area contributed by atoms with Crippen LogP contribution in [0.2, 0.25) is 5.02 Å². The van der Waals surface area contributed by atoms with E-state index in [2.05, 4.69) is 4.90 Å². The Balaban J connectivity index is 1.44. The van der Waals surface area contributed by atoms with Gasteiger partial charge in [-0.05, 0) is 30.3 Å². The van der Waals surface area contributed by atoms with Gasteiger partial charge in [-0.1, -0.05) is 29.8 Å². The van der Waals surface area contributed by atoms with Crippen molar-refractivity contribution in [2.75, 3.05) is 31.1 Å². The molecule has 0 radical (unpaired) electrons. The number of amides is 1. The number of hydrogen-bond acceptors (Lipinski definition) is 4. The van der Waals surface area contributed by atoms with Crippen LogP contribution in [0.5, 0.6) is 0 Å². The lowest BCUT2D eigenvalue weighted by Gasteiger charge is -2.36. The van der Waals surface area contributed by atoms with Crippen molar-refractivity contribution >= 4 is 34.2 Å². The number of aromatic nitrogens is 2. The first-order chi connectivity index (χ1) is 14.5. The van der Waals surface area contributed by atoms with Crippen LogP contribution in [0.1, 0.15) is 6.42 Å². The molecule has 0 atom stereocenters. The number of benzene rings is 2. The van der Waals surface area contributed by atoms with Gasteiger partial charge >= 0.3 is 11.1 Å². The highest BCUT2D eigenvalue weighted by Crippen LogP contribution is 2.21. The molecule has 1 saturated heterocycles. The molecule has 2 aromatic carbocycles. The predicted octanol–water partition coefficient (Wildman–Crippen LogP) is 2.09. The molecule has 0 bridgehead atoms. The molecule has 0 unspecified atom stereocenters. The summed E-state index contributed by atoms with van der Waals surface area (Å²) < 4.78 is 2.77. The number of halogens is 1. The summed E-state index contributed by atoms with van der Waals surface area (Å²) in [7, 11) is 1.58. The molecule has 0 N–H and O–H groups in total. The highest BCUT2D eigenvalue weighted by Gasteiger charge is 2.22. The van der Waals surface area contributed by atoms with Gasteiger partial charge in [-0.15, -0.1) is 0 Å². The lowest BCUT2D eigenvalue weighted by molar-refractivity contribution is -0.131. The van der Waals surface area contributed by atoms with E-state index in [4.69, 9.17) is 11.6 Å². The number of rotatable bonds is 4. The molecule has 1 fully saturated rings. The van der Waals surface area contributed by atoms with Gasteiger partial charge in [-0.25, -0.2) is 0 Å². The molecule has 3 aromatic rings. The Kier molecular flexibility index (Phi) is 5.63. The van der Waals surface area contributed by atoms with Gasteiger partial charge in [0, 0.05) is 56.9 Å². The van der Waals surface area contributed by atoms with E-state index in [-0.39, 0.29) is 18.9 Å². The number of hydrogen-bond donors (Lipinski definition) is 0. The van der Waals surface area contributed by atoms with Crippen molar-refractivity contribution in [3.05, 3.63) is 74.3 Å². The van der Waals surface area contributed by atoms with E-state index in [9.17, 15) is 14.4 Å². The van der Waals surface area contributed by atoms with E-state index in [1.165, 1.54) is 9.13 Å². The standard InChI is InChI=1S/C22H23ClN4O3/c1-24-18-7-2-3-8-19(18)27(22(30)21(24)29)10-9-20(28)26-13-11-25(12-14-26)17-6-4-5-16(23)15-17/h2-8,15H,9-14H2,1H3. The summed E-state index contributed by atoms with van der Waals surface area (Å²) in [5.74, 6) is -0.0163. The largest absolute Gasteiger partial charge is 0.368 e.